The Morgan fingerprint density at radius 1 is 1.15 bits per heavy atom. The maximum absolute atomic E-state index is 13.4. The highest BCUT2D eigenvalue weighted by atomic mass is 32.2. The smallest absolute Gasteiger partial charge is 0.243 e. The van der Waals surface area contributed by atoms with E-state index in [-0.39, 0.29) is 17.4 Å². The molecule has 1 aromatic carbocycles. The average Bonchev–Trinajstić information content (AvgIpc) is 3.34. The molecule has 1 aliphatic carbocycles. The minimum Gasteiger partial charge on any atom is -0.339 e. The van der Waals surface area contributed by atoms with Crippen LogP contribution in [0.1, 0.15) is 43.3 Å². The van der Waals surface area contributed by atoms with Crippen molar-refractivity contribution in [2.24, 2.45) is 5.92 Å². The van der Waals surface area contributed by atoms with E-state index in [1.165, 1.54) is 4.31 Å². The van der Waals surface area contributed by atoms with Crippen molar-refractivity contribution in [3.05, 3.63) is 41.5 Å². The summed E-state index contributed by atoms with van der Waals surface area (Å²) in [4.78, 5) is 4.03. The van der Waals surface area contributed by atoms with Gasteiger partial charge >= 0.3 is 0 Å². The van der Waals surface area contributed by atoms with Gasteiger partial charge in [-0.05, 0) is 43.7 Å². The Morgan fingerprint density at radius 2 is 1.88 bits per heavy atom. The molecule has 4 rings (SSSR count). The topological polar surface area (TPSA) is 76.3 Å². The molecule has 0 spiro atoms. The van der Waals surface area contributed by atoms with Crippen molar-refractivity contribution in [3.8, 4) is 0 Å². The van der Waals surface area contributed by atoms with Crippen LogP contribution in [0.4, 0.5) is 8.78 Å². The van der Waals surface area contributed by atoms with Crippen molar-refractivity contribution in [2.75, 3.05) is 13.1 Å². The molecule has 1 aromatic heterocycles. The van der Waals surface area contributed by atoms with Crippen LogP contribution in [-0.2, 0) is 16.4 Å². The molecule has 1 saturated carbocycles. The molecular weight excluding hydrogens is 364 g/mol. The van der Waals surface area contributed by atoms with E-state index in [4.69, 9.17) is 4.52 Å². The van der Waals surface area contributed by atoms with Crippen LogP contribution in [0.2, 0.25) is 0 Å². The van der Waals surface area contributed by atoms with Gasteiger partial charge in [-0.25, -0.2) is 17.2 Å². The van der Waals surface area contributed by atoms with Crippen molar-refractivity contribution in [3.63, 3.8) is 0 Å². The fourth-order valence-corrected chi connectivity index (χ4v) is 4.94. The normalized spacial score (nSPS) is 21.8. The van der Waals surface area contributed by atoms with Crippen molar-refractivity contribution in [1.82, 2.24) is 14.4 Å². The van der Waals surface area contributed by atoms with Gasteiger partial charge in [0.25, 0.3) is 0 Å². The second-order valence-electron chi connectivity index (χ2n) is 7.00. The quantitative estimate of drug-likeness (QED) is 0.794. The van der Waals surface area contributed by atoms with E-state index in [9.17, 15) is 17.2 Å². The summed E-state index contributed by atoms with van der Waals surface area (Å²) in [6.45, 7) is 0.593. The fourth-order valence-electron chi connectivity index (χ4n) is 3.34. The van der Waals surface area contributed by atoms with Crippen LogP contribution in [0.3, 0.4) is 0 Å². The summed E-state index contributed by atoms with van der Waals surface area (Å²) >= 11 is 0. The molecular formula is C17H19F2N3O3S. The van der Waals surface area contributed by atoms with Gasteiger partial charge in [0.05, 0.1) is 4.90 Å². The molecule has 6 nitrogen and oxygen atoms in total. The predicted molar refractivity (Wildman–Crippen MR) is 87.8 cm³/mol. The highest BCUT2D eigenvalue weighted by Crippen LogP contribution is 2.38. The third kappa shape index (κ3) is 3.64. The monoisotopic (exact) mass is 383 g/mol. The highest BCUT2D eigenvalue weighted by Gasteiger charge is 2.33. The molecule has 1 aliphatic heterocycles. The van der Waals surface area contributed by atoms with Gasteiger partial charge in [-0.3, -0.25) is 0 Å². The van der Waals surface area contributed by atoms with Crippen molar-refractivity contribution in [2.45, 2.75) is 42.9 Å². The average molecular weight is 383 g/mol. The lowest BCUT2D eigenvalue weighted by Crippen LogP contribution is -2.40. The van der Waals surface area contributed by atoms with E-state index < -0.39 is 21.7 Å². The lowest BCUT2D eigenvalue weighted by molar-refractivity contribution is 0.246. The highest BCUT2D eigenvalue weighted by molar-refractivity contribution is 7.89. The first-order valence-electron chi connectivity index (χ1n) is 8.70. The Morgan fingerprint density at radius 3 is 2.58 bits per heavy atom. The van der Waals surface area contributed by atoms with E-state index in [0.717, 1.165) is 37.2 Å². The Kier molecular flexibility index (Phi) is 4.52. The third-order valence-corrected chi connectivity index (χ3v) is 6.69. The zero-order chi connectivity index (χ0) is 18.3. The van der Waals surface area contributed by atoms with Crippen molar-refractivity contribution < 1.29 is 21.7 Å². The second-order valence-corrected chi connectivity index (χ2v) is 8.94. The van der Waals surface area contributed by atoms with Gasteiger partial charge < -0.3 is 4.52 Å². The number of benzene rings is 1. The minimum atomic E-state index is -3.94. The van der Waals surface area contributed by atoms with Gasteiger partial charge in [0, 0.05) is 31.5 Å². The molecule has 1 saturated heterocycles. The molecule has 2 aliphatic rings. The van der Waals surface area contributed by atoms with Crippen LogP contribution >= 0.6 is 0 Å². The number of nitrogens with zero attached hydrogens (tertiary/aromatic N) is 3. The standard InChI is InChI=1S/C17H19F2N3O3S/c18-13-7-14(19)9-15(8-13)26(23,24)22-5-1-2-11(10-22)6-16-20-17(21-25-16)12-3-4-12/h7-9,11-12H,1-6,10H2. The molecule has 1 unspecified atom stereocenters. The Balaban J connectivity index is 1.48. The molecule has 2 aromatic rings. The van der Waals surface area contributed by atoms with E-state index in [1.54, 1.807) is 0 Å². The third-order valence-electron chi connectivity index (χ3n) is 4.85. The molecule has 9 heteroatoms. The number of halogens is 2. The van der Waals surface area contributed by atoms with E-state index in [1.807, 2.05) is 0 Å². The molecule has 0 amide bonds. The number of hydrogen-bond donors (Lipinski definition) is 0. The lowest BCUT2D eigenvalue weighted by Gasteiger charge is -2.31. The number of piperidine rings is 1. The Labute approximate surface area is 150 Å². The van der Waals surface area contributed by atoms with Crippen LogP contribution in [-0.4, -0.2) is 36.0 Å². The predicted octanol–water partition coefficient (Wildman–Crippen LogP) is 2.87. The summed E-state index contributed by atoms with van der Waals surface area (Å²) in [5.41, 5.74) is 0. The summed E-state index contributed by atoms with van der Waals surface area (Å²) in [6.07, 6.45) is 4.18. The van der Waals surface area contributed by atoms with Gasteiger partial charge in [0.2, 0.25) is 15.9 Å². The Hall–Kier alpha value is -1.87. The largest absolute Gasteiger partial charge is 0.339 e. The molecule has 26 heavy (non-hydrogen) atoms. The summed E-state index contributed by atoms with van der Waals surface area (Å²) in [7, 11) is -3.94. The summed E-state index contributed by atoms with van der Waals surface area (Å²) in [6, 6.07) is 2.36. The van der Waals surface area contributed by atoms with Crippen molar-refractivity contribution in [1.29, 1.82) is 0 Å². The van der Waals surface area contributed by atoms with Gasteiger partial charge in [-0.2, -0.15) is 9.29 Å². The van der Waals surface area contributed by atoms with Crippen LogP contribution in [0.15, 0.2) is 27.6 Å². The number of aromatic nitrogens is 2. The second kappa shape index (κ2) is 6.70. The zero-order valence-corrected chi connectivity index (χ0v) is 14.9. The summed E-state index contributed by atoms with van der Waals surface area (Å²) in [5, 5.41) is 3.98. The molecule has 2 fully saturated rings. The maximum atomic E-state index is 13.4. The Bertz CT molecular complexity index is 891. The van der Waals surface area contributed by atoms with Crippen LogP contribution in [0, 0.1) is 17.6 Å². The summed E-state index contributed by atoms with van der Waals surface area (Å²) in [5.74, 6) is -0.127. The molecule has 0 radical (unpaired) electrons. The minimum absolute atomic E-state index is 0.0319. The molecule has 2 heterocycles. The molecule has 1 atom stereocenters. The van der Waals surface area contributed by atoms with Crippen LogP contribution in [0.5, 0.6) is 0 Å². The first kappa shape index (κ1) is 17.5. The van der Waals surface area contributed by atoms with E-state index >= 15 is 0 Å². The van der Waals surface area contributed by atoms with Gasteiger partial charge in [-0.1, -0.05) is 5.16 Å². The molecule has 140 valence electrons. The van der Waals surface area contributed by atoms with E-state index in [2.05, 4.69) is 10.1 Å². The molecule has 0 N–H and O–H groups in total. The first-order chi connectivity index (χ1) is 12.4. The number of rotatable bonds is 5. The fraction of sp³-hybridized carbons (Fsp3) is 0.529. The maximum Gasteiger partial charge on any atom is 0.243 e. The van der Waals surface area contributed by atoms with Crippen LogP contribution < -0.4 is 0 Å². The van der Waals surface area contributed by atoms with Gasteiger partial charge in [-0.15, -0.1) is 0 Å². The number of hydrogen-bond acceptors (Lipinski definition) is 5. The summed E-state index contributed by atoms with van der Waals surface area (Å²) < 4.78 is 58.9. The lowest BCUT2D eigenvalue weighted by atomic mass is 9.96. The molecule has 0 bridgehead atoms. The first-order valence-corrected chi connectivity index (χ1v) is 10.1. The van der Waals surface area contributed by atoms with E-state index in [0.29, 0.717) is 37.3 Å². The van der Waals surface area contributed by atoms with Crippen LogP contribution in [0.25, 0.3) is 0 Å². The SMILES string of the molecule is O=S(=O)(c1cc(F)cc(F)c1)N1CCCC(Cc2nc(C3CC3)no2)C1. The number of sulfonamides is 1. The van der Waals surface area contributed by atoms with Gasteiger partial charge in [0.15, 0.2) is 5.82 Å². The van der Waals surface area contributed by atoms with Crippen molar-refractivity contribution >= 4 is 10.0 Å². The van der Waals surface area contributed by atoms with Gasteiger partial charge in [0.1, 0.15) is 11.6 Å². The zero-order valence-electron chi connectivity index (χ0n) is 14.1.